The van der Waals surface area contributed by atoms with Crippen LogP contribution in [0.3, 0.4) is 0 Å². The van der Waals surface area contributed by atoms with E-state index in [1.807, 2.05) is 12.1 Å². The van der Waals surface area contributed by atoms with E-state index in [1.165, 1.54) is 0 Å². The van der Waals surface area contributed by atoms with Gasteiger partial charge in [-0.2, -0.15) is 0 Å². The molecule has 1 amide bonds. The third kappa shape index (κ3) is 3.33. The number of aromatic nitrogens is 1. The molecule has 0 bridgehead atoms. The Balaban J connectivity index is 1.85. The van der Waals surface area contributed by atoms with E-state index in [1.54, 1.807) is 6.20 Å². The van der Waals surface area contributed by atoms with Gasteiger partial charge in [-0.25, -0.2) is 4.98 Å². The van der Waals surface area contributed by atoms with Crippen LogP contribution in [0.5, 0.6) is 0 Å². The fourth-order valence-electron chi connectivity index (χ4n) is 2.19. The van der Waals surface area contributed by atoms with E-state index in [-0.39, 0.29) is 11.8 Å². The van der Waals surface area contributed by atoms with Crippen molar-refractivity contribution < 1.29 is 4.79 Å². The number of nitrogens with zero attached hydrogens (tertiary/aromatic N) is 1. The molecule has 1 aromatic heterocycles. The van der Waals surface area contributed by atoms with Crippen molar-refractivity contribution >= 4 is 23.3 Å². The van der Waals surface area contributed by atoms with Gasteiger partial charge in [-0.15, -0.1) is 0 Å². The number of carbonyl (C=O) groups excluding carboxylic acids is 1. The van der Waals surface area contributed by atoms with Crippen LogP contribution in [0.25, 0.3) is 0 Å². The van der Waals surface area contributed by atoms with E-state index >= 15 is 0 Å². The largest absolute Gasteiger partial charge is 0.369 e. The van der Waals surface area contributed by atoms with E-state index < -0.39 is 0 Å². The zero-order valence-corrected chi connectivity index (χ0v) is 10.3. The van der Waals surface area contributed by atoms with Crippen molar-refractivity contribution in [3.8, 4) is 0 Å². The molecule has 1 aliphatic carbocycles. The SMILES string of the molecule is NC(=O)C1CCC(Nc2ccc(Cl)cn2)CC1. The molecule has 17 heavy (non-hydrogen) atoms. The van der Waals surface area contributed by atoms with Crippen LogP contribution in [-0.2, 0) is 4.79 Å². The Morgan fingerprint density at radius 2 is 2.06 bits per heavy atom. The Morgan fingerprint density at radius 3 is 2.59 bits per heavy atom. The molecule has 0 saturated heterocycles. The van der Waals surface area contributed by atoms with Gasteiger partial charge in [-0.1, -0.05) is 11.6 Å². The molecule has 5 heteroatoms. The average molecular weight is 254 g/mol. The Morgan fingerprint density at radius 1 is 1.35 bits per heavy atom. The summed E-state index contributed by atoms with van der Waals surface area (Å²) in [5, 5.41) is 3.98. The molecule has 92 valence electrons. The Bertz CT molecular complexity index is 385. The molecule has 1 aliphatic rings. The van der Waals surface area contributed by atoms with Crippen LogP contribution in [-0.4, -0.2) is 16.9 Å². The van der Waals surface area contributed by atoms with Gasteiger partial charge >= 0.3 is 0 Å². The average Bonchev–Trinajstić information content (AvgIpc) is 2.33. The quantitative estimate of drug-likeness (QED) is 0.868. The molecule has 0 aromatic carbocycles. The van der Waals surface area contributed by atoms with Gasteiger partial charge in [0.1, 0.15) is 5.82 Å². The number of anilines is 1. The Labute approximate surface area is 106 Å². The second-order valence-electron chi connectivity index (χ2n) is 4.46. The lowest BCUT2D eigenvalue weighted by Crippen LogP contribution is -2.32. The fraction of sp³-hybridized carbons (Fsp3) is 0.500. The van der Waals surface area contributed by atoms with Crippen LogP contribution in [0.2, 0.25) is 5.02 Å². The van der Waals surface area contributed by atoms with Crippen LogP contribution in [0, 0.1) is 5.92 Å². The molecule has 0 atom stereocenters. The highest BCUT2D eigenvalue weighted by Crippen LogP contribution is 2.26. The molecule has 0 aliphatic heterocycles. The predicted octanol–water partition coefficient (Wildman–Crippen LogP) is 2.19. The first-order chi connectivity index (χ1) is 8.15. The summed E-state index contributed by atoms with van der Waals surface area (Å²) in [6.07, 6.45) is 5.26. The number of nitrogens with one attached hydrogen (secondary N) is 1. The highest BCUT2D eigenvalue weighted by Gasteiger charge is 2.24. The third-order valence-electron chi connectivity index (χ3n) is 3.21. The molecule has 3 N–H and O–H groups in total. The summed E-state index contributed by atoms with van der Waals surface area (Å²) < 4.78 is 0. The van der Waals surface area contributed by atoms with Crippen LogP contribution >= 0.6 is 11.6 Å². The van der Waals surface area contributed by atoms with Gasteiger partial charge in [0.15, 0.2) is 0 Å². The summed E-state index contributed by atoms with van der Waals surface area (Å²) >= 11 is 5.77. The minimum atomic E-state index is -0.173. The molecule has 1 aromatic rings. The highest BCUT2D eigenvalue weighted by molar-refractivity contribution is 6.30. The van der Waals surface area contributed by atoms with Gasteiger partial charge in [0.05, 0.1) is 5.02 Å². The highest BCUT2D eigenvalue weighted by atomic mass is 35.5. The van der Waals surface area contributed by atoms with Crippen molar-refractivity contribution in [1.29, 1.82) is 0 Å². The molecule has 1 heterocycles. The smallest absolute Gasteiger partial charge is 0.220 e. The van der Waals surface area contributed by atoms with Crippen LogP contribution in [0.1, 0.15) is 25.7 Å². The maximum Gasteiger partial charge on any atom is 0.220 e. The lowest BCUT2D eigenvalue weighted by molar-refractivity contribution is -0.122. The number of halogens is 1. The third-order valence-corrected chi connectivity index (χ3v) is 3.43. The number of carbonyl (C=O) groups is 1. The molecule has 2 rings (SSSR count). The van der Waals surface area contributed by atoms with Crippen LogP contribution in [0.4, 0.5) is 5.82 Å². The number of hydrogen-bond donors (Lipinski definition) is 2. The topological polar surface area (TPSA) is 68.0 Å². The van der Waals surface area contributed by atoms with Crippen molar-refractivity contribution in [2.45, 2.75) is 31.7 Å². The van der Waals surface area contributed by atoms with Crippen molar-refractivity contribution in [3.63, 3.8) is 0 Å². The van der Waals surface area contributed by atoms with Gasteiger partial charge in [0.25, 0.3) is 0 Å². The monoisotopic (exact) mass is 253 g/mol. The maximum atomic E-state index is 11.0. The lowest BCUT2D eigenvalue weighted by Gasteiger charge is -2.27. The van der Waals surface area contributed by atoms with E-state index in [9.17, 15) is 4.79 Å². The zero-order valence-electron chi connectivity index (χ0n) is 9.53. The standard InChI is InChI=1S/C12H16ClN3O/c13-9-3-6-11(15-7-9)16-10-4-1-8(2-5-10)12(14)17/h3,6-8,10H,1-2,4-5H2,(H2,14,17)(H,15,16). The number of primary amides is 1. The first-order valence-corrected chi connectivity index (χ1v) is 6.20. The van der Waals surface area contributed by atoms with Gasteiger partial charge in [0.2, 0.25) is 5.91 Å². The summed E-state index contributed by atoms with van der Waals surface area (Å²) in [4.78, 5) is 15.2. The van der Waals surface area contributed by atoms with Gasteiger partial charge in [0, 0.05) is 18.2 Å². The van der Waals surface area contributed by atoms with Crippen molar-refractivity contribution in [2.75, 3.05) is 5.32 Å². The molecular formula is C12H16ClN3O. The van der Waals surface area contributed by atoms with Gasteiger partial charge < -0.3 is 11.1 Å². The van der Waals surface area contributed by atoms with Crippen LogP contribution < -0.4 is 11.1 Å². The molecule has 1 saturated carbocycles. The molecule has 0 radical (unpaired) electrons. The minimum absolute atomic E-state index is 0.0474. The molecule has 1 fully saturated rings. The lowest BCUT2D eigenvalue weighted by atomic mass is 9.85. The van der Waals surface area contributed by atoms with Crippen molar-refractivity contribution in [2.24, 2.45) is 11.7 Å². The number of pyridine rings is 1. The normalized spacial score (nSPS) is 24.3. The van der Waals surface area contributed by atoms with E-state index in [4.69, 9.17) is 17.3 Å². The van der Waals surface area contributed by atoms with Crippen LogP contribution in [0.15, 0.2) is 18.3 Å². The second kappa shape index (κ2) is 5.36. The number of hydrogen-bond acceptors (Lipinski definition) is 3. The summed E-state index contributed by atoms with van der Waals surface area (Å²) in [5.74, 6) is 0.705. The second-order valence-corrected chi connectivity index (χ2v) is 4.89. The fourth-order valence-corrected chi connectivity index (χ4v) is 2.30. The summed E-state index contributed by atoms with van der Waals surface area (Å²) in [5.41, 5.74) is 5.30. The first-order valence-electron chi connectivity index (χ1n) is 5.82. The first kappa shape index (κ1) is 12.2. The zero-order chi connectivity index (χ0) is 12.3. The molecular weight excluding hydrogens is 238 g/mol. The van der Waals surface area contributed by atoms with Crippen molar-refractivity contribution in [1.82, 2.24) is 4.98 Å². The number of nitrogens with two attached hydrogens (primary N) is 1. The maximum absolute atomic E-state index is 11.0. The van der Waals surface area contributed by atoms with Gasteiger partial charge in [-0.05, 0) is 37.8 Å². The molecule has 4 nitrogen and oxygen atoms in total. The van der Waals surface area contributed by atoms with Gasteiger partial charge in [-0.3, -0.25) is 4.79 Å². The summed E-state index contributed by atoms with van der Waals surface area (Å²) in [6, 6.07) is 4.05. The Hall–Kier alpha value is -1.29. The predicted molar refractivity (Wildman–Crippen MR) is 67.8 cm³/mol. The number of rotatable bonds is 3. The summed E-state index contributed by atoms with van der Waals surface area (Å²) in [7, 11) is 0. The van der Waals surface area contributed by atoms with E-state index in [0.717, 1.165) is 31.5 Å². The Kier molecular flexibility index (Phi) is 3.84. The summed E-state index contributed by atoms with van der Waals surface area (Å²) in [6.45, 7) is 0. The van der Waals surface area contributed by atoms with E-state index in [0.29, 0.717) is 11.1 Å². The number of amides is 1. The van der Waals surface area contributed by atoms with E-state index in [2.05, 4.69) is 10.3 Å². The molecule has 0 spiro atoms. The van der Waals surface area contributed by atoms with Crippen molar-refractivity contribution in [3.05, 3.63) is 23.4 Å². The molecule has 0 unspecified atom stereocenters. The minimum Gasteiger partial charge on any atom is -0.369 e.